The SMILES string of the molecule is Clc1ccc2c(c1Cl)CCC(N1CCCC1)=C2. The molecule has 0 atom stereocenters. The number of benzene rings is 1. The maximum absolute atomic E-state index is 6.24. The molecule has 1 saturated heterocycles. The molecule has 0 unspecified atom stereocenters. The van der Waals surface area contributed by atoms with E-state index in [4.69, 9.17) is 23.2 Å². The van der Waals surface area contributed by atoms with Crippen molar-refractivity contribution in [2.45, 2.75) is 25.7 Å². The van der Waals surface area contributed by atoms with Crippen LogP contribution in [-0.4, -0.2) is 18.0 Å². The molecule has 0 N–H and O–H groups in total. The molecule has 90 valence electrons. The van der Waals surface area contributed by atoms with Crippen molar-refractivity contribution < 1.29 is 0 Å². The minimum Gasteiger partial charge on any atom is -0.375 e. The lowest BCUT2D eigenvalue weighted by Gasteiger charge is -2.26. The maximum atomic E-state index is 6.24. The van der Waals surface area contributed by atoms with Gasteiger partial charge in [-0.1, -0.05) is 29.3 Å². The van der Waals surface area contributed by atoms with Gasteiger partial charge in [0.15, 0.2) is 0 Å². The maximum Gasteiger partial charge on any atom is 0.0630 e. The standard InChI is InChI=1S/C14H15Cl2N/c15-13-6-3-10-9-11(17-7-1-2-8-17)4-5-12(10)14(13)16/h3,6,9H,1-2,4-5,7-8H2. The van der Waals surface area contributed by atoms with Gasteiger partial charge in [0, 0.05) is 18.8 Å². The largest absolute Gasteiger partial charge is 0.375 e. The Morgan fingerprint density at radius 2 is 1.76 bits per heavy atom. The zero-order chi connectivity index (χ0) is 11.8. The quantitative estimate of drug-likeness (QED) is 0.730. The smallest absolute Gasteiger partial charge is 0.0630 e. The molecule has 0 aromatic heterocycles. The van der Waals surface area contributed by atoms with Gasteiger partial charge in [-0.15, -0.1) is 0 Å². The van der Waals surface area contributed by atoms with E-state index in [0.29, 0.717) is 5.02 Å². The highest BCUT2D eigenvalue weighted by Crippen LogP contribution is 2.35. The number of hydrogen-bond donors (Lipinski definition) is 0. The molecule has 0 saturated carbocycles. The Kier molecular flexibility index (Phi) is 3.06. The van der Waals surface area contributed by atoms with Gasteiger partial charge in [-0.2, -0.15) is 0 Å². The van der Waals surface area contributed by atoms with Crippen molar-refractivity contribution >= 4 is 29.3 Å². The van der Waals surface area contributed by atoms with E-state index < -0.39 is 0 Å². The van der Waals surface area contributed by atoms with Crippen molar-refractivity contribution in [3.8, 4) is 0 Å². The molecule has 0 radical (unpaired) electrons. The summed E-state index contributed by atoms with van der Waals surface area (Å²) in [6.07, 6.45) is 7.04. The van der Waals surface area contributed by atoms with Crippen molar-refractivity contribution in [2.75, 3.05) is 13.1 Å². The van der Waals surface area contributed by atoms with Gasteiger partial charge in [0.1, 0.15) is 0 Å². The van der Waals surface area contributed by atoms with Gasteiger partial charge in [-0.05, 0) is 49.0 Å². The van der Waals surface area contributed by atoms with Gasteiger partial charge < -0.3 is 4.90 Å². The van der Waals surface area contributed by atoms with Gasteiger partial charge in [0.05, 0.1) is 10.0 Å². The van der Waals surface area contributed by atoms with Crippen LogP contribution in [0.15, 0.2) is 17.8 Å². The first kappa shape index (κ1) is 11.4. The van der Waals surface area contributed by atoms with Crippen LogP contribution in [0.2, 0.25) is 10.0 Å². The first-order valence-corrected chi connectivity index (χ1v) is 6.94. The third-order valence-corrected chi connectivity index (χ3v) is 4.54. The molecule has 0 spiro atoms. The molecule has 2 aliphatic rings. The van der Waals surface area contributed by atoms with E-state index in [1.165, 1.54) is 42.8 Å². The monoisotopic (exact) mass is 267 g/mol. The lowest BCUT2D eigenvalue weighted by atomic mass is 9.95. The lowest BCUT2D eigenvalue weighted by Crippen LogP contribution is -2.20. The first-order chi connectivity index (χ1) is 8.25. The minimum atomic E-state index is 0.670. The molecule has 0 amide bonds. The summed E-state index contributed by atoms with van der Waals surface area (Å²) in [5, 5.41) is 1.41. The van der Waals surface area contributed by atoms with E-state index >= 15 is 0 Å². The number of halogens is 2. The average Bonchev–Trinajstić information content (AvgIpc) is 2.87. The molecule has 1 fully saturated rings. The third kappa shape index (κ3) is 2.07. The second-order valence-corrected chi connectivity index (χ2v) is 5.54. The Morgan fingerprint density at radius 1 is 1.00 bits per heavy atom. The Labute approximate surface area is 112 Å². The molecule has 1 aliphatic heterocycles. The molecule has 1 aliphatic carbocycles. The zero-order valence-corrected chi connectivity index (χ0v) is 11.2. The van der Waals surface area contributed by atoms with Crippen molar-refractivity contribution in [3.63, 3.8) is 0 Å². The van der Waals surface area contributed by atoms with Crippen LogP contribution in [0.1, 0.15) is 30.4 Å². The number of nitrogens with zero attached hydrogens (tertiary/aromatic N) is 1. The first-order valence-electron chi connectivity index (χ1n) is 6.18. The van der Waals surface area contributed by atoms with Crippen molar-refractivity contribution in [1.29, 1.82) is 0 Å². The molecule has 1 nitrogen and oxygen atoms in total. The Hall–Kier alpha value is -0.660. The summed E-state index contributed by atoms with van der Waals surface area (Å²) < 4.78 is 0. The highest BCUT2D eigenvalue weighted by molar-refractivity contribution is 6.42. The van der Waals surface area contributed by atoms with Gasteiger partial charge >= 0.3 is 0 Å². The summed E-state index contributed by atoms with van der Waals surface area (Å²) in [7, 11) is 0. The summed E-state index contributed by atoms with van der Waals surface area (Å²) in [6, 6.07) is 3.98. The van der Waals surface area contributed by atoms with E-state index in [-0.39, 0.29) is 0 Å². The van der Waals surface area contributed by atoms with Gasteiger partial charge in [-0.3, -0.25) is 0 Å². The van der Waals surface area contributed by atoms with Crippen LogP contribution in [0.5, 0.6) is 0 Å². The van der Waals surface area contributed by atoms with Crippen LogP contribution >= 0.6 is 23.2 Å². The van der Waals surface area contributed by atoms with E-state index in [1.807, 2.05) is 6.07 Å². The van der Waals surface area contributed by atoms with E-state index in [1.54, 1.807) is 0 Å². The van der Waals surface area contributed by atoms with Crippen LogP contribution in [0.3, 0.4) is 0 Å². The molecule has 3 rings (SSSR count). The van der Waals surface area contributed by atoms with Crippen LogP contribution in [-0.2, 0) is 6.42 Å². The Bertz CT molecular complexity index is 473. The summed E-state index contributed by atoms with van der Waals surface area (Å²) in [5.74, 6) is 0. The minimum absolute atomic E-state index is 0.670. The highest BCUT2D eigenvalue weighted by Gasteiger charge is 2.20. The van der Waals surface area contributed by atoms with Crippen molar-refractivity contribution in [2.24, 2.45) is 0 Å². The van der Waals surface area contributed by atoms with Crippen LogP contribution in [0.25, 0.3) is 6.08 Å². The number of fused-ring (bicyclic) bond motifs is 1. The number of likely N-dealkylation sites (tertiary alicyclic amines) is 1. The molecule has 3 heteroatoms. The molecular weight excluding hydrogens is 253 g/mol. The van der Waals surface area contributed by atoms with Gasteiger partial charge in [0.25, 0.3) is 0 Å². The van der Waals surface area contributed by atoms with Gasteiger partial charge in [-0.25, -0.2) is 0 Å². The van der Waals surface area contributed by atoms with Crippen molar-refractivity contribution in [1.82, 2.24) is 4.90 Å². The average molecular weight is 268 g/mol. The lowest BCUT2D eigenvalue weighted by molar-refractivity contribution is 0.411. The fraction of sp³-hybridized carbons (Fsp3) is 0.429. The van der Waals surface area contributed by atoms with Crippen LogP contribution < -0.4 is 0 Å². The Balaban J connectivity index is 1.96. The van der Waals surface area contributed by atoms with E-state index in [9.17, 15) is 0 Å². The second-order valence-electron chi connectivity index (χ2n) is 4.76. The number of rotatable bonds is 1. The fourth-order valence-electron chi connectivity index (χ4n) is 2.76. The zero-order valence-electron chi connectivity index (χ0n) is 9.68. The topological polar surface area (TPSA) is 3.24 Å². The molecule has 1 aromatic rings. The van der Waals surface area contributed by atoms with E-state index in [2.05, 4.69) is 17.0 Å². The van der Waals surface area contributed by atoms with Gasteiger partial charge in [0.2, 0.25) is 0 Å². The van der Waals surface area contributed by atoms with Crippen molar-refractivity contribution in [3.05, 3.63) is 39.0 Å². The molecule has 1 aromatic carbocycles. The number of allylic oxidation sites excluding steroid dienone is 1. The summed E-state index contributed by atoms with van der Waals surface area (Å²) in [5.41, 5.74) is 3.92. The highest BCUT2D eigenvalue weighted by atomic mass is 35.5. The van der Waals surface area contributed by atoms with Crippen LogP contribution in [0.4, 0.5) is 0 Å². The summed E-state index contributed by atoms with van der Waals surface area (Å²) in [6.45, 7) is 2.42. The predicted molar refractivity (Wildman–Crippen MR) is 73.6 cm³/mol. The molecule has 17 heavy (non-hydrogen) atoms. The van der Waals surface area contributed by atoms with Crippen LogP contribution in [0, 0.1) is 0 Å². The summed E-state index contributed by atoms with van der Waals surface area (Å²) in [4.78, 5) is 2.51. The third-order valence-electron chi connectivity index (χ3n) is 3.70. The molecule has 0 bridgehead atoms. The number of hydrogen-bond acceptors (Lipinski definition) is 1. The summed E-state index contributed by atoms with van der Waals surface area (Å²) >= 11 is 12.3. The predicted octanol–water partition coefficient (Wildman–Crippen LogP) is 4.38. The van der Waals surface area contributed by atoms with E-state index in [0.717, 1.165) is 17.9 Å². The second kappa shape index (κ2) is 4.55. The normalized spacial score (nSPS) is 19.2. The molecule has 1 heterocycles. The molecular formula is C14H15Cl2N. The Morgan fingerprint density at radius 3 is 2.53 bits per heavy atom. The fourth-order valence-corrected chi connectivity index (χ4v) is 3.20.